The molecule has 2 aromatic carbocycles. The van der Waals surface area contributed by atoms with Crippen LogP contribution in [0.4, 0.5) is 17.2 Å². The highest BCUT2D eigenvalue weighted by Crippen LogP contribution is 2.24. The molecule has 1 heterocycles. The number of hydrogen-bond acceptors (Lipinski definition) is 5. The second-order valence-corrected chi connectivity index (χ2v) is 6.87. The van der Waals surface area contributed by atoms with Crippen molar-refractivity contribution in [2.75, 3.05) is 18.2 Å². The van der Waals surface area contributed by atoms with Gasteiger partial charge in [0.15, 0.2) is 0 Å². The van der Waals surface area contributed by atoms with Crippen LogP contribution in [-0.4, -0.2) is 24.0 Å². The molecule has 4 rings (SSSR count). The molecule has 0 radical (unpaired) electrons. The fraction of sp³-hybridized carbons (Fsp3) is 0.182. The molecule has 3 aromatic rings. The lowest BCUT2D eigenvalue weighted by Crippen LogP contribution is -2.35. The lowest BCUT2D eigenvalue weighted by molar-refractivity contribution is 0.0933. The normalized spacial score (nSPS) is 13.0. The number of aromatic nitrogens is 1. The third-order valence-electron chi connectivity index (χ3n) is 4.82. The molecule has 0 unspecified atom stereocenters. The Bertz CT molecular complexity index is 994. The molecule has 0 aliphatic heterocycles. The zero-order valence-electron chi connectivity index (χ0n) is 15.6. The average molecular weight is 374 g/mol. The van der Waals surface area contributed by atoms with E-state index in [0.717, 1.165) is 24.3 Å². The van der Waals surface area contributed by atoms with Crippen molar-refractivity contribution >= 4 is 23.1 Å². The largest absolute Gasteiger partial charge is 0.497 e. The molecule has 1 amide bonds. The number of nitrogens with zero attached hydrogens (tertiary/aromatic N) is 1. The summed E-state index contributed by atoms with van der Waals surface area (Å²) < 4.78 is 5.24. The van der Waals surface area contributed by atoms with Gasteiger partial charge in [-0.25, -0.2) is 4.98 Å². The number of methoxy groups -OCH3 is 1. The third kappa shape index (κ3) is 3.91. The summed E-state index contributed by atoms with van der Waals surface area (Å²) in [5.41, 5.74) is 10.3. The van der Waals surface area contributed by atoms with E-state index in [1.54, 1.807) is 19.2 Å². The number of fused-ring (bicyclic) bond motifs is 1. The Kier molecular flexibility index (Phi) is 4.85. The molecule has 0 saturated carbocycles. The predicted octanol–water partition coefficient (Wildman–Crippen LogP) is 3.31. The lowest BCUT2D eigenvalue weighted by atomic mass is 10.1. The smallest absolute Gasteiger partial charge is 0.270 e. The standard InChI is InChI=1S/C22H22N4O2/c1-28-19-8-4-7-16(11-19)24-18-12-20(26-21(23)13-18)22(27)25-17-9-14-5-2-3-6-15(14)10-17/h2-8,11-13,17H,9-10H2,1H3,(H,25,27)(H3,23,24,26). The molecule has 28 heavy (non-hydrogen) atoms. The first-order valence-electron chi connectivity index (χ1n) is 9.17. The van der Waals surface area contributed by atoms with E-state index in [9.17, 15) is 4.79 Å². The van der Waals surface area contributed by atoms with Crippen LogP contribution in [0.15, 0.2) is 60.7 Å². The van der Waals surface area contributed by atoms with Crippen LogP contribution in [-0.2, 0) is 12.8 Å². The quantitative estimate of drug-likeness (QED) is 0.638. The van der Waals surface area contributed by atoms with Gasteiger partial charge in [-0.15, -0.1) is 0 Å². The van der Waals surface area contributed by atoms with E-state index < -0.39 is 0 Å². The van der Waals surface area contributed by atoms with E-state index in [-0.39, 0.29) is 17.8 Å². The van der Waals surface area contributed by atoms with Crippen LogP contribution in [0.3, 0.4) is 0 Å². The van der Waals surface area contributed by atoms with Crippen molar-refractivity contribution in [1.29, 1.82) is 0 Å². The molecule has 0 spiro atoms. The van der Waals surface area contributed by atoms with Gasteiger partial charge in [0.25, 0.3) is 5.91 Å². The predicted molar refractivity (Wildman–Crippen MR) is 110 cm³/mol. The number of amides is 1. The molecular weight excluding hydrogens is 352 g/mol. The number of nitrogens with two attached hydrogens (primary N) is 1. The van der Waals surface area contributed by atoms with E-state index in [2.05, 4.69) is 27.8 Å². The highest BCUT2D eigenvalue weighted by molar-refractivity contribution is 5.94. The summed E-state index contributed by atoms with van der Waals surface area (Å²) in [5, 5.41) is 6.32. The van der Waals surface area contributed by atoms with Crippen LogP contribution < -0.4 is 21.1 Å². The Hall–Kier alpha value is -3.54. The Morgan fingerprint density at radius 2 is 1.79 bits per heavy atom. The minimum atomic E-state index is -0.223. The summed E-state index contributed by atoms with van der Waals surface area (Å²) in [5.74, 6) is 0.803. The summed E-state index contributed by atoms with van der Waals surface area (Å²) in [6.45, 7) is 0. The van der Waals surface area contributed by atoms with Crippen molar-refractivity contribution in [3.05, 3.63) is 77.5 Å². The van der Waals surface area contributed by atoms with E-state index >= 15 is 0 Å². The second-order valence-electron chi connectivity index (χ2n) is 6.87. The lowest BCUT2D eigenvalue weighted by Gasteiger charge is -2.13. The number of rotatable bonds is 5. The van der Waals surface area contributed by atoms with E-state index in [0.29, 0.717) is 11.4 Å². The molecule has 1 aromatic heterocycles. The number of anilines is 3. The Morgan fingerprint density at radius 1 is 1.04 bits per heavy atom. The van der Waals surface area contributed by atoms with E-state index in [4.69, 9.17) is 10.5 Å². The van der Waals surface area contributed by atoms with Gasteiger partial charge in [-0.05, 0) is 42.2 Å². The zero-order valence-corrected chi connectivity index (χ0v) is 15.6. The number of nitrogen functional groups attached to an aromatic ring is 1. The van der Waals surface area contributed by atoms with E-state index in [1.807, 2.05) is 36.4 Å². The molecule has 1 aliphatic carbocycles. The Morgan fingerprint density at radius 3 is 2.50 bits per heavy atom. The van der Waals surface area contributed by atoms with Crippen LogP contribution in [0.2, 0.25) is 0 Å². The number of benzene rings is 2. The van der Waals surface area contributed by atoms with Gasteiger partial charge < -0.3 is 21.1 Å². The zero-order chi connectivity index (χ0) is 19.5. The second kappa shape index (κ2) is 7.60. The van der Waals surface area contributed by atoms with Crippen molar-refractivity contribution in [2.24, 2.45) is 0 Å². The van der Waals surface area contributed by atoms with E-state index in [1.165, 1.54) is 11.1 Å². The highest BCUT2D eigenvalue weighted by Gasteiger charge is 2.23. The molecule has 0 bridgehead atoms. The summed E-state index contributed by atoms with van der Waals surface area (Å²) in [6.07, 6.45) is 1.66. The van der Waals surface area contributed by atoms with Crippen molar-refractivity contribution in [2.45, 2.75) is 18.9 Å². The topological polar surface area (TPSA) is 89.3 Å². The number of carbonyl (C=O) groups excluding carboxylic acids is 1. The van der Waals surface area contributed by atoms with Crippen LogP contribution in [0.1, 0.15) is 21.6 Å². The highest BCUT2D eigenvalue weighted by atomic mass is 16.5. The molecule has 0 atom stereocenters. The number of pyridine rings is 1. The fourth-order valence-corrected chi connectivity index (χ4v) is 3.53. The van der Waals surface area contributed by atoms with Gasteiger partial charge in [0.05, 0.1) is 7.11 Å². The SMILES string of the molecule is COc1cccc(Nc2cc(N)nc(C(=O)NC3Cc4ccccc4C3)c2)c1. The molecule has 142 valence electrons. The molecule has 4 N–H and O–H groups in total. The maximum atomic E-state index is 12.7. The Balaban J connectivity index is 1.48. The Labute approximate surface area is 163 Å². The van der Waals surface area contributed by atoms with Gasteiger partial charge in [0.1, 0.15) is 17.3 Å². The van der Waals surface area contributed by atoms with Gasteiger partial charge in [-0.2, -0.15) is 0 Å². The van der Waals surface area contributed by atoms with Gasteiger partial charge in [0, 0.05) is 29.5 Å². The molecule has 0 saturated heterocycles. The number of ether oxygens (including phenoxy) is 1. The first kappa shape index (κ1) is 17.9. The van der Waals surface area contributed by atoms with Crippen LogP contribution >= 0.6 is 0 Å². The molecular formula is C22H22N4O2. The summed E-state index contributed by atoms with van der Waals surface area (Å²) in [7, 11) is 1.62. The minimum absolute atomic E-state index is 0.0722. The van der Waals surface area contributed by atoms with Gasteiger partial charge >= 0.3 is 0 Å². The average Bonchev–Trinajstić information content (AvgIpc) is 3.10. The minimum Gasteiger partial charge on any atom is -0.497 e. The van der Waals surface area contributed by atoms with Crippen LogP contribution in [0.25, 0.3) is 0 Å². The third-order valence-corrected chi connectivity index (χ3v) is 4.82. The van der Waals surface area contributed by atoms with Crippen LogP contribution in [0.5, 0.6) is 5.75 Å². The van der Waals surface area contributed by atoms with Crippen molar-refractivity contribution in [1.82, 2.24) is 10.3 Å². The van der Waals surface area contributed by atoms with Gasteiger partial charge in [-0.3, -0.25) is 4.79 Å². The van der Waals surface area contributed by atoms with Crippen molar-refractivity contribution < 1.29 is 9.53 Å². The van der Waals surface area contributed by atoms with Gasteiger partial charge in [-0.1, -0.05) is 30.3 Å². The maximum absolute atomic E-state index is 12.7. The molecule has 6 heteroatoms. The summed E-state index contributed by atoms with van der Waals surface area (Å²) in [4.78, 5) is 16.9. The molecule has 1 aliphatic rings. The number of carbonyl (C=O) groups is 1. The maximum Gasteiger partial charge on any atom is 0.270 e. The number of nitrogens with one attached hydrogen (secondary N) is 2. The molecule has 0 fully saturated rings. The van der Waals surface area contributed by atoms with Crippen LogP contribution in [0, 0.1) is 0 Å². The monoisotopic (exact) mass is 374 g/mol. The van der Waals surface area contributed by atoms with Crippen molar-refractivity contribution in [3.63, 3.8) is 0 Å². The number of hydrogen-bond donors (Lipinski definition) is 3. The van der Waals surface area contributed by atoms with Gasteiger partial charge in [0.2, 0.25) is 0 Å². The summed E-state index contributed by atoms with van der Waals surface area (Å²) >= 11 is 0. The fourth-order valence-electron chi connectivity index (χ4n) is 3.53. The first-order chi connectivity index (χ1) is 13.6. The van der Waals surface area contributed by atoms with Crippen molar-refractivity contribution in [3.8, 4) is 5.75 Å². The summed E-state index contributed by atoms with van der Waals surface area (Å²) in [6, 6.07) is 19.3. The first-order valence-corrected chi connectivity index (χ1v) is 9.17. The molecule has 6 nitrogen and oxygen atoms in total.